The molecule has 0 aromatic heterocycles. The maximum Gasteiger partial charge on any atom is 0.240 e. The third-order valence-corrected chi connectivity index (χ3v) is 11.1. The highest BCUT2D eigenvalue weighted by Gasteiger charge is 2.39. The zero-order valence-electron chi connectivity index (χ0n) is 20.5. The van der Waals surface area contributed by atoms with Crippen LogP contribution in [-0.4, -0.2) is 52.5 Å². The lowest BCUT2D eigenvalue weighted by Crippen LogP contribution is -2.42. The number of benzene rings is 1. The van der Waals surface area contributed by atoms with Gasteiger partial charge in [0.25, 0.3) is 0 Å². The van der Waals surface area contributed by atoms with Crippen LogP contribution in [0.1, 0.15) is 83.6 Å². The number of thioether (sulfide) groups is 2. The molecule has 0 spiro atoms. The van der Waals surface area contributed by atoms with Crippen LogP contribution in [0.2, 0.25) is 0 Å². The zero-order chi connectivity index (χ0) is 24.3. The summed E-state index contributed by atoms with van der Waals surface area (Å²) < 4.78 is 28.9. The van der Waals surface area contributed by atoms with E-state index in [9.17, 15) is 18.6 Å². The van der Waals surface area contributed by atoms with Crippen molar-refractivity contribution in [2.75, 3.05) is 11.5 Å². The molecule has 2 rings (SSSR count). The van der Waals surface area contributed by atoms with Crippen LogP contribution < -0.4 is 4.72 Å². The van der Waals surface area contributed by atoms with Crippen LogP contribution in [0, 0.1) is 6.92 Å². The molecule has 1 heterocycles. The maximum absolute atomic E-state index is 13.1. The molecule has 190 valence electrons. The SMILES string of the molecule is CCCC[C@H](O)CC[C@@H](O)CC1(C[C@@H](CCC)NS(=O)(=O)c2ccc(C)cc2)SCCCS1. The number of unbranched alkanes of at least 4 members (excludes halogenated alkanes) is 1. The predicted molar refractivity (Wildman–Crippen MR) is 142 cm³/mol. The van der Waals surface area contributed by atoms with Crippen molar-refractivity contribution in [1.29, 1.82) is 0 Å². The van der Waals surface area contributed by atoms with Crippen molar-refractivity contribution in [2.45, 2.75) is 112 Å². The molecule has 1 aliphatic heterocycles. The van der Waals surface area contributed by atoms with Crippen molar-refractivity contribution in [1.82, 2.24) is 4.72 Å². The van der Waals surface area contributed by atoms with Gasteiger partial charge in [-0.1, -0.05) is 50.8 Å². The quantitative estimate of drug-likeness (QED) is 0.286. The van der Waals surface area contributed by atoms with Crippen molar-refractivity contribution in [3.8, 4) is 0 Å². The Kier molecular flexibility index (Phi) is 12.6. The molecule has 0 unspecified atom stereocenters. The van der Waals surface area contributed by atoms with Crippen LogP contribution >= 0.6 is 23.5 Å². The number of hydrogen-bond acceptors (Lipinski definition) is 6. The van der Waals surface area contributed by atoms with Gasteiger partial charge < -0.3 is 10.2 Å². The Labute approximate surface area is 210 Å². The molecule has 1 saturated heterocycles. The average Bonchev–Trinajstić information content (AvgIpc) is 2.77. The Morgan fingerprint density at radius 1 is 0.939 bits per heavy atom. The lowest BCUT2D eigenvalue weighted by molar-refractivity contribution is 0.100. The number of aliphatic hydroxyl groups is 2. The molecule has 0 saturated carbocycles. The van der Waals surface area contributed by atoms with Gasteiger partial charge in [-0.05, 0) is 75.5 Å². The summed E-state index contributed by atoms with van der Waals surface area (Å²) in [6.07, 6.45) is 7.32. The summed E-state index contributed by atoms with van der Waals surface area (Å²) in [5.74, 6) is 2.06. The van der Waals surface area contributed by atoms with Crippen molar-refractivity contribution < 1.29 is 18.6 Å². The Balaban J connectivity index is 2.07. The first kappa shape index (κ1) is 29.0. The van der Waals surface area contributed by atoms with Crippen LogP contribution in [0.25, 0.3) is 0 Å². The lowest BCUT2D eigenvalue weighted by Gasteiger charge is -2.40. The molecule has 1 aromatic carbocycles. The monoisotopic (exact) mass is 517 g/mol. The highest BCUT2D eigenvalue weighted by Crippen LogP contribution is 2.49. The standard InChI is InChI=1S/C25H43NO4S3/c1-4-6-9-22(27)12-13-23(28)19-25(31-16-7-17-32-25)18-21(8-5-2)26-33(29,30)24-14-10-20(3)11-15-24/h10-11,14-15,21-23,26-28H,4-9,12-13,16-19H2,1-3H3/t21-,22+,23-/m1/s1. The third kappa shape index (κ3) is 10.1. The topological polar surface area (TPSA) is 86.6 Å². The van der Waals surface area contributed by atoms with Crippen LogP contribution in [0.15, 0.2) is 29.2 Å². The van der Waals surface area contributed by atoms with E-state index in [1.165, 1.54) is 0 Å². The van der Waals surface area contributed by atoms with Gasteiger partial charge in [0.15, 0.2) is 0 Å². The minimum atomic E-state index is -3.60. The van der Waals surface area contributed by atoms with Crippen molar-refractivity contribution >= 4 is 33.5 Å². The second kappa shape index (κ2) is 14.3. The Morgan fingerprint density at radius 2 is 1.58 bits per heavy atom. The van der Waals surface area contributed by atoms with Gasteiger partial charge in [-0.2, -0.15) is 0 Å². The van der Waals surface area contributed by atoms with Crippen LogP contribution in [0.3, 0.4) is 0 Å². The summed E-state index contributed by atoms with van der Waals surface area (Å²) in [4.78, 5) is 0.299. The van der Waals surface area contributed by atoms with Crippen LogP contribution in [0.5, 0.6) is 0 Å². The first-order valence-electron chi connectivity index (χ1n) is 12.4. The second-order valence-corrected chi connectivity index (χ2v) is 14.2. The van der Waals surface area contributed by atoms with Crippen molar-refractivity contribution in [3.63, 3.8) is 0 Å². The van der Waals surface area contributed by atoms with E-state index in [4.69, 9.17) is 0 Å². The first-order valence-corrected chi connectivity index (χ1v) is 15.9. The number of sulfonamides is 1. The van der Waals surface area contributed by atoms with Gasteiger partial charge in [-0.15, -0.1) is 23.5 Å². The lowest BCUT2D eigenvalue weighted by atomic mass is 9.99. The van der Waals surface area contributed by atoms with Gasteiger partial charge in [-0.25, -0.2) is 13.1 Å². The van der Waals surface area contributed by atoms with E-state index < -0.39 is 16.1 Å². The predicted octanol–water partition coefficient (Wildman–Crippen LogP) is 5.48. The Bertz CT molecular complexity index is 779. The fourth-order valence-corrected chi connectivity index (χ4v) is 9.16. The summed E-state index contributed by atoms with van der Waals surface area (Å²) in [7, 11) is -3.60. The van der Waals surface area contributed by atoms with E-state index in [0.29, 0.717) is 30.6 Å². The minimum Gasteiger partial charge on any atom is -0.393 e. The number of nitrogens with one attached hydrogen (secondary N) is 1. The fourth-order valence-electron chi connectivity index (χ4n) is 4.30. The normalized spacial score (nSPS) is 19.2. The molecular formula is C25H43NO4S3. The number of aryl methyl sites for hydroxylation is 1. The molecule has 5 nitrogen and oxygen atoms in total. The van der Waals surface area contributed by atoms with Gasteiger partial charge in [0, 0.05) is 6.04 Å². The molecule has 0 aliphatic carbocycles. The molecule has 1 fully saturated rings. The second-order valence-electron chi connectivity index (χ2n) is 9.32. The molecular weight excluding hydrogens is 474 g/mol. The minimum absolute atomic E-state index is 0.179. The third-order valence-electron chi connectivity index (χ3n) is 6.14. The number of aliphatic hydroxyl groups excluding tert-OH is 2. The smallest absolute Gasteiger partial charge is 0.240 e. The summed E-state index contributed by atoms with van der Waals surface area (Å²) >= 11 is 3.74. The van der Waals surface area contributed by atoms with Gasteiger partial charge in [0.1, 0.15) is 0 Å². The summed E-state index contributed by atoms with van der Waals surface area (Å²) in [5.41, 5.74) is 1.03. The number of rotatable bonds is 15. The van der Waals surface area contributed by atoms with E-state index in [0.717, 1.165) is 55.6 Å². The van der Waals surface area contributed by atoms with E-state index in [1.54, 1.807) is 12.1 Å². The molecule has 3 atom stereocenters. The highest BCUT2D eigenvalue weighted by atomic mass is 32.2. The van der Waals surface area contributed by atoms with Gasteiger partial charge in [-0.3, -0.25) is 0 Å². The average molecular weight is 518 g/mol. The van der Waals surface area contributed by atoms with Crippen LogP contribution in [0.4, 0.5) is 0 Å². The summed E-state index contributed by atoms with van der Waals surface area (Å²) in [6, 6.07) is 6.79. The molecule has 33 heavy (non-hydrogen) atoms. The molecule has 0 radical (unpaired) electrons. The summed E-state index contributed by atoms with van der Waals surface area (Å²) in [5, 5.41) is 21.0. The first-order chi connectivity index (χ1) is 15.7. The van der Waals surface area contributed by atoms with Gasteiger partial charge in [0.2, 0.25) is 10.0 Å². The van der Waals surface area contributed by atoms with E-state index in [1.807, 2.05) is 42.6 Å². The highest BCUT2D eigenvalue weighted by molar-refractivity contribution is 8.18. The molecule has 1 aliphatic rings. The zero-order valence-corrected chi connectivity index (χ0v) is 22.9. The van der Waals surface area contributed by atoms with Crippen LogP contribution in [-0.2, 0) is 10.0 Å². The van der Waals surface area contributed by atoms with E-state index >= 15 is 0 Å². The molecule has 0 amide bonds. The van der Waals surface area contributed by atoms with Gasteiger partial charge in [0.05, 0.1) is 21.2 Å². The maximum atomic E-state index is 13.1. The van der Waals surface area contributed by atoms with Crippen molar-refractivity contribution in [2.24, 2.45) is 0 Å². The number of hydrogen-bond donors (Lipinski definition) is 3. The molecule has 1 aromatic rings. The van der Waals surface area contributed by atoms with E-state index in [-0.39, 0.29) is 16.2 Å². The Hall–Kier alpha value is -0.250. The largest absolute Gasteiger partial charge is 0.393 e. The molecule has 8 heteroatoms. The molecule has 0 bridgehead atoms. The summed E-state index contributed by atoms with van der Waals surface area (Å²) in [6.45, 7) is 6.13. The van der Waals surface area contributed by atoms with Crippen molar-refractivity contribution in [3.05, 3.63) is 29.8 Å². The Morgan fingerprint density at radius 3 is 2.18 bits per heavy atom. The molecule has 3 N–H and O–H groups in total. The van der Waals surface area contributed by atoms with E-state index in [2.05, 4.69) is 18.6 Å². The van der Waals surface area contributed by atoms with Gasteiger partial charge >= 0.3 is 0 Å². The fraction of sp³-hybridized carbons (Fsp3) is 0.760.